The van der Waals surface area contributed by atoms with Crippen molar-refractivity contribution < 1.29 is 4.74 Å². The van der Waals surface area contributed by atoms with Gasteiger partial charge in [-0.1, -0.05) is 18.2 Å². The van der Waals surface area contributed by atoms with Crippen molar-refractivity contribution in [3.8, 4) is 0 Å². The second kappa shape index (κ2) is 5.32. The molecule has 0 amide bonds. The molecule has 0 aromatic heterocycles. The molecular formula is C13H20N2O. The van der Waals surface area contributed by atoms with Crippen molar-refractivity contribution >= 4 is 5.69 Å². The van der Waals surface area contributed by atoms with Gasteiger partial charge in [0.25, 0.3) is 0 Å². The molecule has 1 aromatic carbocycles. The number of anilines is 1. The number of para-hydroxylation sites is 1. The van der Waals surface area contributed by atoms with Gasteiger partial charge in [-0.25, -0.2) is 0 Å². The molecule has 1 aliphatic rings. The van der Waals surface area contributed by atoms with E-state index in [1.807, 2.05) is 0 Å². The Bertz CT molecular complexity index is 340. The summed E-state index contributed by atoms with van der Waals surface area (Å²) in [4.78, 5) is 2.38. The minimum absolute atomic E-state index is 0.0937. The van der Waals surface area contributed by atoms with Gasteiger partial charge in [0.15, 0.2) is 0 Å². The highest BCUT2D eigenvalue weighted by Crippen LogP contribution is 2.26. The summed E-state index contributed by atoms with van der Waals surface area (Å²) in [5, 5.41) is 0. The molecule has 2 rings (SSSR count). The Morgan fingerprint density at radius 3 is 3.06 bits per heavy atom. The highest BCUT2D eigenvalue weighted by Gasteiger charge is 2.17. The maximum absolute atomic E-state index is 6.01. The average molecular weight is 220 g/mol. The number of hydrogen-bond acceptors (Lipinski definition) is 3. The first kappa shape index (κ1) is 11.4. The van der Waals surface area contributed by atoms with Gasteiger partial charge < -0.3 is 15.4 Å². The van der Waals surface area contributed by atoms with Crippen LogP contribution >= 0.6 is 0 Å². The van der Waals surface area contributed by atoms with E-state index >= 15 is 0 Å². The zero-order chi connectivity index (χ0) is 11.4. The van der Waals surface area contributed by atoms with Crippen molar-refractivity contribution in [1.29, 1.82) is 0 Å². The van der Waals surface area contributed by atoms with Crippen molar-refractivity contribution in [3.63, 3.8) is 0 Å². The highest BCUT2D eigenvalue weighted by molar-refractivity contribution is 5.55. The van der Waals surface area contributed by atoms with E-state index in [-0.39, 0.29) is 6.04 Å². The molecule has 1 heterocycles. The van der Waals surface area contributed by atoms with Gasteiger partial charge in [0.05, 0.1) is 6.61 Å². The summed E-state index contributed by atoms with van der Waals surface area (Å²) in [6.07, 6.45) is 2.41. The van der Waals surface area contributed by atoms with Crippen molar-refractivity contribution in [2.45, 2.75) is 18.9 Å². The molecule has 0 radical (unpaired) electrons. The minimum atomic E-state index is 0.0937. The third kappa shape index (κ3) is 2.54. The maximum atomic E-state index is 6.01. The van der Waals surface area contributed by atoms with Crippen LogP contribution in [-0.4, -0.2) is 32.8 Å². The van der Waals surface area contributed by atoms with E-state index < -0.39 is 0 Å². The molecule has 1 aliphatic heterocycles. The van der Waals surface area contributed by atoms with Gasteiger partial charge in [-0.15, -0.1) is 0 Å². The van der Waals surface area contributed by atoms with Crippen LogP contribution in [0.15, 0.2) is 24.3 Å². The van der Waals surface area contributed by atoms with Crippen molar-refractivity contribution in [2.75, 3.05) is 31.7 Å². The first-order chi connectivity index (χ1) is 7.81. The summed E-state index contributed by atoms with van der Waals surface area (Å²) in [7, 11) is 1.70. The first-order valence-electron chi connectivity index (χ1n) is 5.88. The Labute approximate surface area is 97.2 Å². The van der Waals surface area contributed by atoms with Crippen LogP contribution in [-0.2, 0) is 11.2 Å². The summed E-state index contributed by atoms with van der Waals surface area (Å²) in [6.45, 7) is 2.61. The quantitative estimate of drug-likeness (QED) is 0.834. The Morgan fingerprint density at radius 1 is 1.44 bits per heavy atom. The molecule has 2 N–H and O–H groups in total. The van der Waals surface area contributed by atoms with E-state index in [0.717, 1.165) is 13.1 Å². The van der Waals surface area contributed by atoms with Gasteiger partial charge in [0.1, 0.15) is 0 Å². The number of hydrogen-bond donors (Lipinski definition) is 1. The Kier molecular flexibility index (Phi) is 3.80. The molecule has 0 saturated carbocycles. The Balaban J connectivity index is 2.07. The van der Waals surface area contributed by atoms with E-state index in [9.17, 15) is 0 Å². The maximum Gasteiger partial charge on any atom is 0.0631 e. The lowest BCUT2D eigenvalue weighted by Gasteiger charge is -2.33. The van der Waals surface area contributed by atoms with Crippen molar-refractivity contribution in [3.05, 3.63) is 29.8 Å². The molecule has 0 bridgehead atoms. The molecule has 3 heteroatoms. The monoisotopic (exact) mass is 220 g/mol. The second-order valence-corrected chi connectivity index (χ2v) is 4.39. The van der Waals surface area contributed by atoms with Crippen LogP contribution in [0.1, 0.15) is 12.0 Å². The zero-order valence-electron chi connectivity index (χ0n) is 9.86. The SMILES string of the molecule is COCC(N)CN1CCCc2ccccc21. The normalized spacial score (nSPS) is 17.0. The zero-order valence-corrected chi connectivity index (χ0v) is 9.86. The average Bonchev–Trinajstić information content (AvgIpc) is 2.30. The fraction of sp³-hybridized carbons (Fsp3) is 0.538. The standard InChI is InChI=1S/C13H20N2O/c1-16-10-12(14)9-15-8-4-6-11-5-2-3-7-13(11)15/h2-3,5,7,12H,4,6,8-10,14H2,1H3. The van der Waals surface area contributed by atoms with Crippen LogP contribution in [0.4, 0.5) is 5.69 Å². The van der Waals surface area contributed by atoms with Crippen LogP contribution in [0.5, 0.6) is 0 Å². The van der Waals surface area contributed by atoms with E-state index in [2.05, 4.69) is 29.2 Å². The summed E-state index contributed by atoms with van der Waals surface area (Å²) >= 11 is 0. The number of nitrogens with zero attached hydrogens (tertiary/aromatic N) is 1. The van der Waals surface area contributed by atoms with Crippen LogP contribution in [0.25, 0.3) is 0 Å². The lowest BCUT2D eigenvalue weighted by atomic mass is 10.0. The molecule has 0 saturated heterocycles. The second-order valence-electron chi connectivity index (χ2n) is 4.39. The molecule has 1 atom stereocenters. The topological polar surface area (TPSA) is 38.5 Å². The Hall–Kier alpha value is -1.06. The van der Waals surface area contributed by atoms with Crippen LogP contribution < -0.4 is 10.6 Å². The summed E-state index contributed by atoms with van der Waals surface area (Å²) in [6, 6.07) is 8.70. The predicted molar refractivity (Wildman–Crippen MR) is 66.8 cm³/mol. The number of benzene rings is 1. The molecular weight excluding hydrogens is 200 g/mol. The fourth-order valence-corrected chi connectivity index (χ4v) is 2.35. The van der Waals surface area contributed by atoms with Gasteiger partial charge in [0.2, 0.25) is 0 Å². The van der Waals surface area contributed by atoms with Gasteiger partial charge in [-0.2, -0.15) is 0 Å². The first-order valence-corrected chi connectivity index (χ1v) is 5.88. The van der Waals surface area contributed by atoms with Crippen molar-refractivity contribution in [1.82, 2.24) is 0 Å². The van der Waals surface area contributed by atoms with Gasteiger partial charge in [-0.05, 0) is 24.5 Å². The molecule has 1 aromatic rings. The highest BCUT2D eigenvalue weighted by atomic mass is 16.5. The van der Waals surface area contributed by atoms with Crippen LogP contribution in [0, 0.1) is 0 Å². The lowest BCUT2D eigenvalue weighted by molar-refractivity contribution is 0.181. The summed E-state index contributed by atoms with van der Waals surface area (Å²) in [5.41, 5.74) is 8.80. The molecule has 1 unspecified atom stereocenters. The molecule has 0 aliphatic carbocycles. The number of ether oxygens (including phenoxy) is 1. The summed E-state index contributed by atoms with van der Waals surface area (Å²) < 4.78 is 5.08. The minimum Gasteiger partial charge on any atom is -0.383 e. The van der Waals surface area contributed by atoms with Crippen LogP contribution in [0.2, 0.25) is 0 Å². The van der Waals surface area contributed by atoms with E-state index in [1.165, 1.54) is 24.1 Å². The third-order valence-electron chi connectivity index (χ3n) is 3.04. The van der Waals surface area contributed by atoms with Crippen LogP contribution in [0.3, 0.4) is 0 Å². The summed E-state index contributed by atoms with van der Waals surface area (Å²) in [5.74, 6) is 0. The van der Waals surface area contributed by atoms with Gasteiger partial charge in [-0.3, -0.25) is 0 Å². The van der Waals surface area contributed by atoms with Gasteiger partial charge >= 0.3 is 0 Å². The molecule has 16 heavy (non-hydrogen) atoms. The number of fused-ring (bicyclic) bond motifs is 1. The largest absolute Gasteiger partial charge is 0.383 e. The smallest absolute Gasteiger partial charge is 0.0631 e. The number of nitrogens with two attached hydrogens (primary N) is 1. The van der Waals surface area contributed by atoms with E-state index in [0.29, 0.717) is 6.61 Å². The van der Waals surface area contributed by atoms with Crippen molar-refractivity contribution in [2.24, 2.45) is 5.73 Å². The number of methoxy groups -OCH3 is 1. The predicted octanol–water partition coefficient (Wildman–Crippen LogP) is 1.41. The van der Waals surface area contributed by atoms with Gasteiger partial charge in [0, 0.05) is 31.9 Å². The molecule has 0 fully saturated rings. The lowest BCUT2D eigenvalue weighted by Crippen LogP contribution is -2.42. The molecule has 3 nitrogen and oxygen atoms in total. The molecule has 88 valence electrons. The van der Waals surface area contributed by atoms with E-state index in [1.54, 1.807) is 7.11 Å². The fourth-order valence-electron chi connectivity index (χ4n) is 2.35. The number of aryl methyl sites for hydroxylation is 1. The van der Waals surface area contributed by atoms with E-state index in [4.69, 9.17) is 10.5 Å². The molecule has 0 spiro atoms. The number of rotatable bonds is 4. The Morgan fingerprint density at radius 2 is 2.25 bits per heavy atom. The third-order valence-corrected chi connectivity index (χ3v) is 3.04.